The van der Waals surface area contributed by atoms with Crippen molar-refractivity contribution in [3.8, 4) is 0 Å². The van der Waals surface area contributed by atoms with Crippen LogP contribution in [0, 0.1) is 6.92 Å². The number of aromatic nitrogens is 1. The van der Waals surface area contributed by atoms with Gasteiger partial charge in [0.25, 0.3) is 0 Å². The maximum absolute atomic E-state index is 11.6. The standard InChI is InChI=1S/C13H18ClN3O/c1-11-3-4-12(15-10-11)16-5-2-6-17(8-7-16)13(18)9-14/h3-4,10H,2,5-9H2,1H3. The topological polar surface area (TPSA) is 36.4 Å². The summed E-state index contributed by atoms with van der Waals surface area (Å²) in [4.78, 5) is 20.1. The average molecular weight is 268 g/mol. The Hall–Kier alpha value is -1.29. The molecule has 1 aromatic rings. The van der Waals surface area contributed by atoms with Gasteiger partial charge in [-0.2, -0.15) is 0 Å². The maximum Gasteiger partial charge on any atom is 0.237 e. The van der Waals surface area contributed by atoms with Gasteiger partial charge in [-0.3, -0.25) is 4.79 Å². The zero-order valence-electron chi connectivity index (χ0n) is 10.6. The molecule has 0 unspecified atom stereocenters. The SMILES string of the molecule is Cc1ccc(N2CCCN(C(=O)CCl)CC2)nc1. The zero-order valence-corrected chi connectivity index (χ0v) is 11.4. The van der Waals surface area contributed by atoms with Gasteiger partial charge in [0.2, 0.25) is 5.91 Å². The lowest BCUT2D eigenvalue weighted by Crippen LogP contribution is -2.36. The number of carbonyl (C=O) groups excluding carboxylic acids is 1. The van der Waals surface area contributed by atoms with Crippen LogP contribution in [0.25, 0.3) is 0 Å². The summed E-state index contributed by atoms with van der Waals surface area (Å²) in [6.45, 7) is 5.29. The predicted molar refractivity (Wildman–Crippen MR) is 73.1 cm³/mol. The Kier molecular flexibility index (Phi) is 4.42. The molecule has 1 aromatic heterocycles. The summed E-state index contributed by atoms with van der Waals surface area (Å²) in [5.74, 6) is 1.08. The summed E-state index contributed by atoms with van der Waals surface area (Å²) in [6.07, 6.45) is 2.83. The summed E-state index contributed by atoms with van der Waals surface area (Å²) < 4.78 is 0. The monoisotopic (exact) mass is 267 g/mol. The molecule has 0 aromatic carbocycles. The van der Waals surface area contributed by atoms with Crippen molar-refractivity contribution in [2.24, 2.45) is 0 Å². The summed E-state index contributed by atoms with van der Waals surface area (Å²) in [5, 5.41) is 0. The fourth-order valence-corrected chi connectivity index (χ4v) is 2.30. The zero-order chi connectivity index (χ0) is 13.0. The molecule has 0 aliphatic carbocycles. The van der Waals surface area contributed by atoms with Gasteiger partial charge in [0.1, 0.15) is 11.7 Å². The number of anilines is 1. The van der Waals surface area contributed by atoms with E-state index in [9.17, 15) is 4.79 Å². The molecular weight excluding hydrogens is 250 g/mol. The molecule has 1 aliphatic rings. The van der Waals surface area contributed by atoms with E-state index in [1.54, 1.807) is 0 Å². The second kappa shape index (κ2) is 6.05. The first-order valence-corrected chi connectivity index (χ1v) is 6.75. The van der Waals surface area contributed by atoms with Crippen LogP contribution in [0.3, 0.4) is 0 Å². The molecule has 0 atom stereocenters. The number of carbonyl (C=O) groups is 1. The normalized spacial score (nSPS) is 16.6. The minimum absolute atomic E-state index is 0.0235. The molecule has 0 spiro atoms. The van der Waals surface area contributed by atoms with Gasteiger partial charge >= 0.3 is 0 Å². The van der Waals surface area contributed by atoms with Crippen molar-refractivity contribution in [3.05, 3.63) is 23.9 Å². The molecule has 2 rings (SSSR count). The average Bonchev–Trinajstić information content (AvgIpc) is 2.64. The number of nitrogens with zero attached hydrogens (tertiary/aromatic N) is 3. The highest BCUT2D eigenvalue weighted by atomic mass is 35.5. The van der Waals surface area contributed by atoms with E-state index in [0.717, 1.165) is 44.0 Å². The largest absolute Gasteiger partial charge is 0.355 e. The highest BCUT2D eigenvalue weighted by molar-refractivity contribution is 6.27. The third kappa shape index (κ3) is 3.13. The minimum atomic E-state index is 0.0235. The first-order valence-electron chi connectivity index (χ1n) is 6.22. The molecular formula is C13H18ClN3O. The first-order chi connectivity index (χ1) is 8.70. The Morgan fingerprint density at radius 3 is 2.83 bits per heavy atom. The smallest absolute Gasteiger partial charge is 0.237 e. The van der Waals surface area contributed by atoms with Crippen molar-refractivity contribution in [1.29, 1.82) is 0 Å². The number of halogens is 1. The Labute approximate surface area is 113 Å². The molecule has 1 amide bonds. The molecule has 0 saturated carbocycles. The molecule has 98 valence electrons. The Bertz CT molecular complexity index is 407. The van der Waals surface area contributed by atoms with Crippen LogP contribution in [0.1, 0.15) is 12.0 Å². The highest BCUT2D eigenvalue weighted by Crippen LogP contribution is 2.14. The lowest BCUT2D eigenvalue weighted by Gasteiger charge is -2.22. The number of hydrogen-bond acceptors (Lipinski definition) is 3. The van der Waals surface area contributed by atoms with Crippen LogP contribution in [0.5, 0.6) is 0 Å². The third-order valence-corrected chi connectivity index (χ3v) is 3.41. The highest BCUT2D eigenvalue weighted by Gasteiger charge is 2.18. The maximum atomic E-state index is 11.6. The van der Waals surface area contributed by atoms with Crippen LogP contribution in [-0.4, -0.2) is 47.9 Å². The molecule has 1 aliphatic heterocycles. The number of amides is 1. The number of aryl methyl sites for hydroxylation is 1. The molecule has 2 heterocycles. The molecule has 5 heteroatoms. The number of hydrogen-bond donors (Lipinski definition) is 0. The van der Waals surface area contributed by atoms with E-state index in [4.69, 9.17) is 11.6 Å². The number of rotatable bonds is 2. The second-order valence-electron chi connectivity index (χ2n) is 4.55. The van der Waals surface area contributed by atoms with Crippen LogP contribution in [0.15, 0.2) is 18.3 Å². The molecule has 4 nitrogen and oxygen atoms in total. The quantitative estimate of drug-likeness (QED) is 0.765. The minimum Gasteiger partial charge on any atom is -0.355 e. The fraction of sp³-hybridized carbons (Fsp3) is 0.538. The van der Waals surface area contributed by atoms with Crippen molar-refractivity contribution in [2.45, 2.75) is 13.3 Å². The van der Waals surface area contributed by atoms with E-state index in [1.807, 2.05) is 24.1 Å². The summed E-state index contributed by atoms with van der Waals surface area (Å²) in [5.41, 5.74) is 1.16. The summed E-state index contributed by atoms with van der Waals surface area (Å²) >= 11 is 5.59. The van der Waals surface area contributed by atoms with Gasteiger partial charge in [-0.15, -0.1) is 11.6 Å². The summed E-state index contributed by atoms with van der Waals surface area (Å²) in [6, 6.07) is 4.10. The van der Waals surface area contributed by atoms with Gasteiger partial charge in [0.05, 0.1) is 0 Å². The molecule has 0 N–H and O–H groups in total. The van der Waals surface area contributed by atoms with E-state index >= 15 is 0 Å². The van der Waals surface area contributed by atoms with Crippen LogP contribution in [-0.2, 0) is 4.79 Å². The van der Waals surface area contributed by atoms with Gasteiger partial charge in [0.15, 0.2) is 0 Å². The molecule has 1 fully saturated rings. The summed E-state index contributed by atoms with van der Waals surface area (Å²) in [7, 11) is 0. The fourth-order valence-electron chi connectivity index (χ4n) is 2.13. The van der Waals surface area contributed by atoms with Crippen molar-refractivity contribution < 1.29 is 4.79 Å². The van der Waals surface area contributed by atoms with Crippen molar-refractivity contribution >= 4 is 23.3 Å². The van der Waals surface area contributed by atoms with Crippen molar-refractivity contribution in [3.63, 3.8) is 0 Å². The Morgan fingerprint density at radius 2 is 2.17 bits per heavy atom. The van der Waals surface area contributed by atoms with Crippen LogP contribution >= 0.6 is 11.6 Å². The van der Waals surface area contributed by atoms with Crippen molar-refractivity contribution in [2.75, 3.05) is 37.0 Å². The van der Waals surface area contributed by atoms with E-state index < -0.39 is 0 Å². The second-order valence-corrected chi connectivity index (χ2v) is 4.82. The Balaban J connectivity index is 2.00. The first kappa shape index (κ1) is 13.1. The molecule has 0 radical (unpaired) electrons. The van der Waals surface area contributed by atoms with Crippen molar-refractivity contribution in [1.82, 2.24) is 9.88 Å². The van der Waals surface area contributed by atoms with E-state index in [2.05, 4.69) is 16.0 Å². The number of alkyl halides is 1. The predicted octanol–water partition coefficient (Wildman–Crippen LogP) is 1.67. The van der Waals surface area contributed by atoms with E-state index in [0.29, 0.717) is 0 Å². The molecule has 18 heavy (non-hydrogen) atoms. The Morgan fingerprint density at radius 1 is 1.33 bits per heavy atom. The van der Waals surface area contributed by atoms with Crippen LogP contribution < -0.4 is 4.90 Å². The van der Waals surface area contributed by atoms with Gasteiger partial charge < -0.3 is 9.80 Å². The van der Waals surface area contributed by atoms with E-state index in [-0.39, 0.29) is 11.8 Å². The lowest BCUT2D eigenvalue weighted by atomic mass is 10.3. The van der Waals surface area contributed by atoms with Crippen LogP contribution in [0.2, 0.25) is 0 Å². The van der Waals surface area contributed by atoms with Crippen LogP contribution in [0.4, 0.5) is 5.82 Å². The third-order valence-electron chi connectivity index (χ3n) is 3.18. The number of pyridine rings is 1. The van der Waals surface area contributed by atoms with Gasteiger partial charge in [-0.25, -0.2) is 4.98 Å². The lowest BCUT2D eigenvalue weighted by molar-refractivity contribution is -0.128. The van der Waals surface area contributed by atoms with Gasteiger partial charge in [0, 0.05) is 32.4 Å². The van der Waals surface area contributed by atoms with Gasteiger partial charge in [-0.05, 0) is 25.0 Å². The van der Waals surface area contributed by atoms with E-state index in [1.165, 1.54) is 0 Å². The van der Waals surface area contributed by atoms with Gasteiger partial charge in [-0.1, -0.05) is 6.07 Å². The molecule has 0 bridgehead atoms. The molecule has 1 saturated heterocycles.